The molecule has 0 saturated carbocycles. The molecular weight excluding hydrogens is 322 g/mol. The van der Waals surface area contributed by atoms with E-state index in [1.54, 1.807) is 22.9 Å². The second kappa shape index (κ2) is 7.88. The van der Waals surface area contributed by atoms with E-state index in [2.05, 4.69) is 34.5 Å². The van der Waals surface area contributed by atoms with Gasteiger partial charge in [0.15, 0.2) is 0 Å². The van der Waals surface area contributed by atoms with Crippen molar-refractivity contribution in [2.75, 3.05) is 6.54 Å². The fourth-order valence-corrected chi connectivity index (χ4v) is 3.07. The number of carbonyl (C=O) groups is 1. The predicted molar refractivity (Wildman–Crippen MR) is 93.2 cm³/mol. The van der Waals surface area contributed by atoms with Crippen molar-refractivity contribution in [2.24, 2.45) is 0 Å². The van der Waals surface area contributed by atoms with E-state index in [9.17, 15) is 4.79 Å². The number of nitrogens with zero attached hydrogens (tertiary/aromatic N) is 2. The molecule has 1 amide bonds. The van der Waals surface area contributed by atoms with Gasteiger partial charge < -0.3 is 9.84 Å². The highest BCUT2D eigenvalue weighted by molar-refractivity contribution is 7.07. The zero-order valence-corrected chi connectivity index (χ0v) is 14.3. The topological polar surface area (TPSA) is 68.0 Å². The van der Waals surface area contributed by atoms with E-state index in [0.29, 0.717) is 18.9 Å². The SMILES string of the molecule is C[C@@H](Cc1cc(C(=O)NCCc2cscn2)on1)c1ccccc1. The lowest BCUT2D eigenvalue weighted by molar-refractivity contribution is 0.0917. The summed E-state index contributed by atoms with van der Waals surface area (Å²) in [6.07, 6.45) is 1.45. The average molecular weight is 341 g/mol. The highest BCUT2D eigenvalue weighted by Gasteiger charge is 2.15. The molecule has 0 aliphatic rings. The Bertz CT molecular complexity index is 769. The van der Waals surface area contributed by atoms with Gasteiger partial charge in [0.1, 0.15) is 0 Å². The molecule has 0 fully saturated rings. The van der Waals surface area contributed by atoms with E-state index >= 15 is 0 Å². The molecule has 3 rings (SSSR count). The summed E-state index contributed by atoms with van der Waals surface area (Å²) in [7, 11) is 0. The van der Waals surface area contributed by atoms with Crippen molar-refractivity contribution in [3.63, 3.8) is 0 Å². The number of nitrogens with one attached hydrogen (secondary N) is 1. The van der Waals surface area contributed by atoms with Gasteiger partial charge in [-0.05, 0) is 17.9 Å². The number of hydrogen-bond donors (Lipinski definition) is 1. The summed E-state index contributed by atoms with van der Waals surface area (Å²) in [6.45, 7) is 2.66. The van der Waals surface area contributed by atoms with Crippen LogP contribution in [0.25, 0.3) is 0 Å². The van der Waals surface area contributed by atoms with Crippen molar-refractivity contribution in [1.82, 2.24) is 15.5 Å². The van der Waals surface area contributed by atoms with Crippen molar-refractivity contribution in [1.29, 1.82) is 0 Å². The van der Waals surface area contributed by atoms with Crippen LogP contribution in [0.3, 0.4) is 0 Å². The van der Waals surface area contributed by atoms with E-state index < -0.39 is 0 Å². The summed E-state index contributed by atoms with van der Waals surface area (Å²) in [5, 5.41) is 8.82. The highest BCUT2D eigenvalue weighted by Crippen LogP contribution is 2.20. The standard InChI is InChI=1S/C18H19N3O2S/c1-13(14-5-3-2-4-6-14)9-16-10-17(23-21-16)18(22)19-8-7-15-11-24-12-20-15/h2-6,10-13H,7-9H2,1H3,(H,19,22)/t13-/m0/s1. The molecule has 3 aromatic rings. The Labute approximate surface area is 144 Å². The Balaban J connectivity index is 1.52. The van der Waals surface area contributed by atoms with Crippen LogP contribution >= 0.6 is 11.3 Å². The van der Waals surface area contributed by atoms with E-state index in [1.165, 1.54) is 5.56 Å². The highest BCUT2D eigenvalue weighted by atomic mass is 32.1. The zero-order valence-electron chi connectivity index (χ0n) is 13.4. The van der Waals surface area contributed by atoms with Crippen molar-refractivity contribution in [3.05, 3.63) is 70.0 Å². The van der Waals surface area contributed by atoms with Gasteiger partial charge in [0.2, 0.25) is 5.76 Å². The van der Waals surface area contributed by atoms with Gasteiger partial charge in [0.05, 0.1) is 16.9 Å². The van der Waals surface area contributed by atoms with Crippen LogP contribution in [0, 0.1) is 0 Å². The summed E-state index contributed by atoms with van der Waals surface area (Å²) < 4.78 is 5.18. The molecular formula is C18H19N3O2S. The van der Waals surface area contributed by atoms with Crippen LogP contribution < -0.4 is 5.32 Å². The van der Waals surface area contributed by atoms with Gasteiger partial charge in [-0.2, -0.15) is 0 Å². The number of aromatic nitrogens is 2. The Hall–Kier alpha value is -2.47. The molecule has 0 spiro atoms. The lowest BCUT2D eigenvalue weighted by Gasteiger charge is -2.08. The van der Waals surface area contributed by atoms with Crippen LogP contribution in [-0.2, 0) is 12.8 Å². The van der Waals surface area contributed by atoms with Crippen LogP contribution in [0.15, 0.2) is 51.8 Å². The zero-order chi connectivity index (χ0) is 16.8. The second-order valence-corrected chi connectivity index (χ2v) is 6.40. The van der Waals surface area contributed by atoms with Crippen LogP contribution in [0.4, 0.5) is 0 Å². The molecule has 0 bridgehead atoms. The van der Waals surface area contributed by atoms with Gasteiger partial charge in [-0.15, -0.1) is 11.3 Å². The molecule has 6 heteroatoms. The smallest absolute Gasteiger partial charge is 0.289 e. The van der Waals surface area contributed by atoms with Gasteiger partial charge in [-0.3, -0.25) is 4.79 Å². The minimum absolute atomic E-state index is 0.239. The third-order valence-electron chi connectivity index (χ3n) is 3.82. The van der Waals surface area contributed by atoms with Crippen LogP contribution in [0.2, 0.25) is 0 Å². The first kappa shape index (κ1) is 16.4. The average Bonchev–Trinajstić information content (AvgIpc) is 3.27. The molecule has 1 atom stereocenters. The number of amides is 1. The summed E-state index contributed by atoms with van der Waals surface area (Å²) in [5.41, 5.74) is 4.80. The quantitative estimate of drug-likeness (QED) is 0.715. The minimum Gasteiger partial charge on any atom is -0.351 e. The third kappa shape index (κ3) is 4.29. The van der Waals surface area contributed by atoms with Crippen molar-refractivity contribution < 1.29 is 9.32 Å². The van der Waals surface area contributed by atoms with Crippen LogP contribution in [-0.4, -0.2) is 22.6 Å². The Kier molecular flexibility index (Phi) is 5.38. The first-order valence-corrected chi connectivity index (χ1v) is 8.82. The molecule has 1 aromatic carbocycles. The number of rotatable bonds is 7. The molecule has 2 aromatic heterocycles. The molecule has 0 unspecified atom stereocenters. The number of carbonyl (C=O) groups excluding carboxylic acids is 1. The van der Waals surface area contributed by atoms with Gasteiger partial charge in [0.25, 0.3) is 5.91 Å². The molecule has 5 nitrogen and oxygen atoms in total. The van der Waals surface area contributed by atoms with Gasteiger partial charge in [-0.25, -0.2) is 4.98 Å². The summed E-state index contributed by atoms with van der Waals surface area (Å²) in [6, 6.07) is 12.0. The maximum absolute atomic E-state index is 12.1. The van der Waals surface area contributed by atoms with Gasteiger partial charge >= 0.3 is 0 Å². The fourth-order valence-electron chi connectivity index (χ4n) is 2.48. The number of thiazole rings is 1. The predicted octanol–water partition coefficient (Wildman–Crippen LogP) is 3.45. The molecule has 0 radical (unpaired) electrons. The molecule has 0 aliphatic heterocycles. The number of benzene rings is 1. The normalized spacial score (nSPS) is 12.0. The lowest BCUT2D eigenvalue weighted by Crippen LogP contribution is -2.25. The summed E-state index contributed by atoms with van der Waals surface area (Å²) >= 11 is 1.55. The van der Waals surface area contributed by atoms with Crippen molar-refractivity contribution in [3.8, 4) is 0 Å². The molecule has 0 aliphatic carbocycles. The first-order chi connectivity index (χ1) is 11.7. The molecule has 24 heavy (non-hydrogen) atoms. The molecule has 0 saturated heterocycles. The van der Waals surface area contributed by atoms with E-state index in [-0.39, 0.29) is 11.7 Å². The lowest BCUT2D eigenvalue weighted by atomic mass is 9.96. The van der Waals surface area contributed by atoms with Gasteiger partial charge in [0, 0.05) is 24.4 Å². The fraction of sp³-hybridized carbons (Fsp3) is 0.278. The van der Waals surface area contributed by atoms with Gasteiger partial charge in [-0.1, -0.05) is 42.4 Å². The minimum atomic E-state index is -0.239. The second-order valence-electron chi connectivity index (χ2n) is 5.68. The van der Waals surface area contributed by atoms with E-state index in [1.807, 2.05) is 23.6 Å². The Morgan fingerprint density at radius 1 is 1.29 bits per heavy atom. The van der Waals surface area contributed by atoms with E-state index in [0.717, 1.165) is 17.8 Å². The molecule has 2 heterocycles. The van der Waals surface area contributed by atoms with Crippen molar-refractivity contribution in [2.45, 2.75) is 25.7 Å². The summed E-state index contributed by atoms with van der Waals surface area (Å²) in [5.74, 6) is 0.330. The third-order valence-corrected chi connectivity index (χ3v) is 4.45. The van der Waals surface area contributed by atoms with E-state index in [4.69, 9.17) is 4.52 Å². The largest absolute Gasteiger partial charge is 0.351 e. The maximum atomic E-state index is 12.1. The number of hydrogen-bond acceptors (Lipinski definition) is 5. The summed E-state index contributed by atoms with van der Waals surface area (Å²) in [4.78, 5) is 16.3. The Morgan fingerprint density at radius 3 is 2.88 bits per heavy atom. The monoisotopic (exact) mass is 341 g/mol. The first-order valence-electron chi connectivity index (χ1n) is 7.88. The maximum Gasteiger partial charge on any atom is 0.289 e. The molecule has 1 N–H and O–H groups in total. The molecule has 124 valence electrons. The van der Waals surface area contributed by atoms with Crippen LogP contribution in [0.5, 0.6) is 0 Å². The van der Waals surface area contributed by atoms with Crippen LogP contribution in [0.1, 0.15) is 40.3 Å². The van der Waals surface area contributed by atoms with Crippen molar-refractivity contribution >= 4 is 17.2 Å². The Morgan fingerprint density at radius 2 is 2.12 bits per heavy atom.